The van der Waals surface area contributed by atoms with Crippen LogP contribution < -0.4 is 0 Å². The molecule has 1 atom stereocenters. The third kappa shape index (κ3) is 8.68. The second-order valence-corrected chi connectivity index (χ2v) is 3.76. The van der Waals surface area contributed by atoms with Crippen molar-refractivity contribution in [2.24, 2.45) is 0 Å². The molecule has 1 N–H and O–H groups in total. The number of hydrogen-bond acceptors (Lipinski definition) is 3. The van der Waals surface area contributed by atoms with Gasteiger partial charge in [-0.25, -0.2) is 4.79 Å². The number of rotatable bonds is 11. The fourth-order valence-electron chi connectivity index (χ4n) is 1.41. The molecule has 4 nitrogen and oxygen atoms in total. The third-order valence-electron chi connectivity index (χ3n) is 2.29. The van der Waals surface area contributed by atoms with E-state index in [4.69, 9.17) is 14.6 Å². The lowest BCUT2D eigenvalue weighted by atomic mass is 10.1. The van der Waals surface area contributed by atoms with Gasteiger partial charge in [0, 0.05) is 6.61 Å². The Bertz CT molecular complexity index is 170. The Balaban J connectivity index is 3.37. The highest BCUT2D eigenvalue weighted by Gasteiger charge is 2.16. The third-order valence-corrected chi connectivity index (χ3v) is 2.29. The molecule has 0 aromatic heterocycles. The van der Waals surface area contributed by atoms with Crippen molar-refractivity contribution in [1.82, 2.24) is 0 Å². The SMILES string of the molecule is CCCCCCCCOC(OCC)C(=O)O. The molecule has 0 spiro atoms. The molecule has 0 aromatic carbocycles. The molecule has 0 aliphatic carbocycles. The molecular formula is C12H24O4. The summed E-state index contributed by atoms with van der Waals surface area (Å²) in [5, 5.41) is 8.73. The maximum absolute atomic E-state index is 10.6. The van der Waals surface area contributed by atoms with E-state index in [-0.39, 0.29) is 0 Å². The van der Waals surface area contributed by atoms with E-state index >= 15 is 0 Å². The number of aliphatic carboxylic acids is 1. The van der Waals surface area contributed by atoms with Gasteiger partial charge in [0.2, 0.25) is 0 Å². The number of carbonyl (C=O) groups is 1. The topological polar surface area (TPSA) is 55.8 Å². The fraction of sp³-hybridized carbons (Fsp3) is 0.917. The van der Waals surface area contributed by atoms with Crippen LogP contribution in [0.2, 0.25) is 0 Å². The number of carboxylic acids is 1. The zero-order valence-corrected chi connectivity index (χ0v) is 10.4. The summed E-state index contributed by atoms with van der Waals surface area (Å²) in [5.74, 6) is -1.05. The first kappa shape index (κ1) is 15.4. The first-order valence-electron chi connectivity index (χ1n) is 6.18. The lowest BCUT2D eigenvalue weighted by Gasteiger charge is -2.12. The Labute approximate surface area is 97.9 Å². The van der Waals surface area contributed by atoms with E-state index in [0.29, 0.717) is 13.2 Å². The molecule has 0 rings (SSSR count). The predicted octanol–water partition coefficient (Wildman–Crippen LogP) is 2.81. The fourth-order valence-corrected chi connectivity index (χ4v) is 1.41. The molecule has 0 aliphatic heterocycles. The Morgan fingerprint density at radius 1 is 1.06 bits per heavy atom. The van der Waals surface area contributed by atoms with Crippen LogP contribution in [-0.4, -0.2) is 30.6 Å². The quantitative estimate of drug-likeness (QED) is 0.439. The maximum Gasteiger partial charge on any atom is 0.361 e. The normalized spacial score (nSPS) is 12.6. The van der Waals surface area contributed by atoms with E-state index in [1.807, 2.05) is 0 Å². The predicted molar refractivity (Wildman–Crippen MR) is 62.4 cm³/mol. The van der Waals surface area contributed by atoms with Crippen LogP contribution in [0.5, 0.6) is 0 Å². The Morgan fingerprint density at radius 2 is 1.69 bits per heavy atom. The van der Waals surface area contributed by atoms with Crippen molar-refractivity contribution in [3.05, 3.63) is 0 Å². The Morgan fingerprint density at radius 3 is 2.25 bits per heavy atom. The number of hydrogen-bond donors (Lipinski definition) is 1. The van der Waals surface area contributed by atoms with Crippen molar-refractivity contribution in [2.75, 3.05) is 13.2 Å². The van der Waals surface area contributed by atoms with Crippen molar-refractivity contribution < 1.29 is 19.4 Å². The Hall–Kier alpha value is -0.610. The molecule has 0 amide bonds. The molecule has 0 aromatic rings. The van der Waals surface area contributed by atoms with Gasteiger partial charge in [-0.2, -0.15) is 0 Å². The molecule has 0 bridgehead atoms. The molecule has 0 saturated carbocycles. The van der Waals surface area contributed by atoms with Crippen LogP contribution in [0.15, 0.2) is 0 Å². The van der Waals surface area contributed by atoms with Crippen LogP contribution >= 0.6 is 0 Å². The van der Waals surface area contributed by atoms with Gasteiger partial charge in [-0.15, -0.1) is 0 Å². The lowest BCUT2D eigenvalue weighted by molar-refractivity contribution is -0.188. The van der Waals surface area contributed by atoms with E-state index in [1.54, 1.807) is 6.92 Å². The molecule has 96 valence electrons. The summed E-state index contributed by atoms with van der Waals surface area (Å²) in [6.07, 6.45) is 5.87. The van der Waals surface area contributed by atoms with Gasteiger partial charge in [-0.1, -0.05) is 39.0 Å². The van der Waals surface area contributed by atoms with Crippen LogP contribution in [0.3, 0.4) is 0 Å². The minimum atomic E-state index is -1.10. The minimum Gasteiger partial charge on any atom is -0.477 e. The summed E-state index contributed by atoms with van der Waals surface area (Å²) in [7, 11) is 0. The number of ether oxygens (including phenoxy) is 2. The van der Waals surface area contributed by atoms with E-state index in [2.05, 4.69) is 6.92 Å². The highest BCUT2D eigenvalue weighted by molar-refractivity contribution is 5.70. The number of carboxylic acid groups (broad SMARTS) is 1. The van der Waals surface area contributed by atoms with Crippen molar-refractivity contribution in [2.45, 2.75) is 58.7 Å². The van der Waals surface area contributed by atoms with Crippen LogP contribution in [0.1, 0.15) is 52.4 Å². The second kappa shape index (κ2) is 10.9. The van der Waals surface area contributed by atoms with Crippen molar-refractivity contribution >= 4 is 5.97 Å². The highest BCUT2D eigenvalue weighted by atomic mass is 16.7. The molecule has 4 heteroatoms. The standard InChI is InChI=1S/C12H24O4/c1-3-5-6-7-8-9-10-16-12(11(13)14)15-4-2/h12H,3-10H2,1-2H3,(H,13,14). The van der Waals surface area contributed by atoms with Crippen LogP contribution in [0, 0.1) is 0 Å². The molecule has 0 heterocycles. The molecular weight excluding hydrogens is 208 g/mol. The van der Waals surface area contributed by atoms with Gasteiger partial charge in [-0.05, 0) is 13.3 Å². The average molecular weight is 232 g/mol. The van der Waals surface area contributed by atoms with Gasteiger partial charge >= 0.3 is 5.97 Å². The zero-order valence-electron chi connectivity index (χ0n) is 10.4. The van der Waals surface area contributed by atoms with Crippen LogP contribution in [0.4, 0.5) is 0 Å². The summed E-state index contributed by atoms with van der Waals surface area (Å²) >= 11 is 0. The lowest BCUT2D eigenvalue weighted by Crippen LogP contribution is -2.27. The summed E-state index contributed by atoms with van der Waals surface area (Å²) in [4.78, 5) is 10.6. The monoisotopic (exact) mass is 232 g/mol. The van der Waals surface area contributed by atoms with Crippen LogP contribution in [-0.2, 0) is 14.3 Å². The summed E-state index contributed by atoms with van der Waals surface area (Å²) in [6.45, 7) is 4.75. The first-order chi connectivity index (χ1) is 7.72. The van der Waals surface area contributed by atoms with Crippen LogP contribution in [0.25, 0.3) is 0 Å². The van der Waals surface area contributed by atoms with Crippen molar-refractivity contribution in [3.8, 4) is 0 Å². The van der Waals surface area contributed by atoms with Gasteiger partial charge in [-0.3, -0.25) is 0 Å². The summed E-state index contributed by atoms with van der Waals surface area (Å²) in [6, 6.07) is 0. The molecule has 1 unspecified atom stereocenters. The molecule has 0 aliphatic rings. The smallest absolute Gasteiger partial charge is 0.361 e. The molecule has 16 heavy (non-hydrogen) atoms. The second-order valence-electron chi connectivity index (χ2n) is 3.76. The van der Waals surface area contributed by atoms with Crippen molar-refractivity contribution in [1.29, 1.82) is 0 Å². The van der Waals surface area contributed by atoms with Gasteiger partial charge in [0.15, 0.2) is 0 Å². The minimum absolute atomic E-state index is 0.355. The summed E-state index contributed by atoms with van der Waals surface area (Å²) in [5.41, 5.74) is 0. The molecule has 0 radical (unpaired) electrons. The number of unbranched alkanes of at least 4 members (excludes halogenated alkanes) is 5. The van der Waals surface area contributed by atoms with E-state index in [1.165, 1.54) is 25.7 Å². The zero-order chi connectivity index (χ0) is 12.2. The molecule has 0 saturated heterocycles. The average Bonchev–Trinajstić information content (AvgIpc) is 2.26. The van der Waals surface area contributed by atoms with E-state index in [9.17, 15) is 4.79 Å². The van der Waals surface area contributed by atoms with Gasteiger partial charge < -0.3 is 14.6 Å². The van der Waals surface area contributed by atoms with E-state index in [0.717, 1.165) is 12.8 Å². The van der Waals surface area contributed by atoms with Crippen molar-refractivity contribution in [3.63, 3.8) is 0 Å². The van der Waals surface area contributed by atoms with Gasteiger partial charge in [0.25, 0.3) is 6.29 Å². The highest BCUT2D eigenvalue weighted by Crippen LogP contribution is 2.06. The first-order valence-corrected chi connectivity index (χ1v) is 6.18. The summed E-state index contributed by atoms with van der Waals surface area (Å²) < 4.78 is 10.1. The largest absolute Gasteiger partial charge is 0.477 e. The van der Waals surface area contributed by atoms with E-state index < -0.39 is 12.3 Å². The van der Waals surface area contributed by atoms with Gasteiger partial charge in [0.05, 0.1) is 6.61 Å². The Kier molecular flexibility index (Phi) is 10.5. The van der Waals surface area contributed by atoms with Gasteiger partial charge in [0.1, 0.15) is 0 Å². The maximum atomic E-state index is 10.6. The molecule has 0 fully saturated rings.